The maximum absolute atomic E-state index is 6.41. The lowest BCUT2D eigenvalue weighted by atomic mass is 9.81. The number of allylic oxidation sites excluding steroid dienone is 16. The molecule has 3 heteroatoms. The highest BCUT2D eigenvalue weighted by molar-refractivity contribution is 6.06. The van der Waals surface area contributed by atoms with Crippen LogP contribution >= 0.6 is 0 Å². The molecule has 0 saturated carbocycles. The first-order valence-corrected chi connectivity index (χ1v) is 22.2. The summed E-state index contributed by atoms with van der Waals surface area (Å²) in [5, 5.41) is 2.33. The van der Waals surface area contributed by atoms with Crippen LogP contribution < -0.4 is 4.90 Å². The number of hydrogen-bond acceptors (Lipinski definition) is 2. The van der Waals surface area contributed by atoms with Crippen LogP contribution in [0.5, 0.6) is 0 Å². The van der Waals surface area contributed by atoms with Gasteiger partial charge in [0.05, 0.1) is 0 Å². The van der Waals surface area contributed by atoms with Gasteiger partial charge in [-0.1, -0.05) is 122 Å². The van der Waals surface area contributed by atoms with E-state index in [9.17, 15) is 0 Å². The predicted octanol–water partition coefficient (Wildman–Crippen LogP) is 15.5. The fourth-order valence-corrected chi connectivity index (χ4v) is 10.1. The quantitative estimate of drug-likeness (QED) is 0.153. The van der Waals surface area contributed by atoms with Gasteiger partial charge in [-0.15, -0.1) is 0 Å². The van der Waals surface area contributed by atoms with Crippen LogP contribution in [0.1, 0.15) is 72.5 Å². The maximum Gasteiger partial charge on any atom is 0.135 e. The van der Waals surface area contributed by atoms with Crippen molar-refractivity contribution in [3.63, 3.8) is 0 Å². The Kier molecular flexibility index (Phi) is 9.74. The van der Waals surface area contributed by atoms with Gasteiger partial charge in [0.1, 0.15) is 11.2 Å². The van der Waals surface area contributed by atoms with Crippen LogP contribution in [-0.2, 0) is 12.8 Å². The molecule has 2 unspecified atom stereocenters. The SMILES string of the molecule is C=C/C=C1/CCC=C/C1=C\N(c1ccccc1)c1ccc(-c2ccc3oc4ccc(C5C=CC(C6C=Cc7c(c8c(n7C7=CCCC=C7)CCC=C8)C6)=CC5)cc4c3c2)cc1. The van der Waals surface area contributed by atoms with Crippen molar-refractivity contribution in [3.8, 4) is 11.1 Å². The van der Waals surface area contributed by atoms with Crippen molar-refractivity contribution >= 4 is 51.2 Å². The molecule has 4 aromatic carbocycles. The van der Waals surface area contributed by atoms with Crippen molar-refractivity contribution in [3.05, 3.63) is 221 Å². The van der Waals surface area contributed by atoms with Gasteiger partial charge in [0.25, 0.3) is 0 Å². The molecule has 0 radical (unpaired) electrons. The number of benzene rings is 4. The van der Waals surface area contributed by atoms with Crippen molar-refractivity contribution in [1.29, 1.82) is 0 Å². The Bertz CT molecular complexity index is 2980. The topological polar surface area (TPSA) is 21.3 Å². The Balaban J connectivity index is 0.842. The van der Waals surface area contributed by atoms with E-state index in [1.165, 1.54) is 67.0 Å². The van der Waals surface area contributed by atoms with E-state index in [2.05, 4.69) is 192 Å². The number of aromatic nitrogens is 1. The third-order valence-corrected chi connectivity index (χ3v) is 13.3. The smallest absolute Gasteiger partial charge is 0.135 e. The fourth-order valence-electron chi connectivity index (χ4n) is 10.1. The highest BCUT2D eigenvalue weighted by atomic mass is 16.3. The van der Waals surface area contributed by atoms with Gasteiger partial charge in [-0.25, -0.2) is 0 Å². The van der Waals surface area contributed by atoms with Crippen LogP contribution in [-0.4, -0.2) is 4.57 Å². The monoisotopic (exact) mass is 790 g/mol. The molecule has 298 valence electrons. The zero-order valence-corrected chi connectivity index (χ0v) is 34.6. The summed E-state index contributed by atoms with van der Waals surface area (Å²) in [5.74, 6) is 0.720. The van der Waals surface area contributed by atoms with Crippen LogP contribution in [0.3, 0.4) is 0 Å². The standard InChI is InChI=1S/C58H50N2O/c1-2-13-40-14-9-10-15-47(40)39-59(48-16-5-3-6-17-48)49-31-26-43(27-32-49)46-30-35-58-54(38-46)53-37-45(29-34-57(53)61-58)42-24-22-41(23-25-42)44-28-33-56-52(36-44)51-20-11-12-21-55(51)60(56)50-18-7-4-8-19-50/h2-3,5-7,10-11,13,15-20,22-24,26-35,37-39,42,44H,1,4,8-9,12,14,21,25,36H2/b40-13-,47-39+. The van der Waals surface area contributed by atoms with Crippen LogP contribution in [0.25, 0.3) is 50.9 Å². The number of para-hydroxylation sites is 1. The molecule has 5 aliphatic rings. The minimum atomic E-state index is 0.328. The van der Waals surface area contributed by atoms with E-state index in [1.807, 2.05) is 6.08 Å². The molecule has 0 aliphatic heterocycles. The average molecular weight is 791 g/mol. The number of nitrogens with zero attached hydrogens (tertiary/aromatic N) is 2. The lowest BCUT2D eigenvalue weighted by Crippen LogP contribution is -2.12. The molecule has 0 saturated heterocycles. The molecule has 61 heavy (non-hydrogen) atoms. The molecule has 6 aromatic rings. The summed E-state index contributed by atoms with van der Waals surface area (Å²) in [6.07, 6.45) is 43.4. The Morgan fingerprint density at radius 3 is 2.26 bits per heavy atom. The molecule has 0 bridgehead atoms. The van der Waals surface area contributed by atoms with E-state index < -0.39 is 0 Å². The number of furan rings is 1. The lowest BCUT2D eigenvalue weighted by molar-refractivity contribution is 0.668. The van der Waals surface area contributed by atoms with Gasteiger partial charge in [-0.3, -0.25) is 0 Å². The van der Waals surface area contributed by atoms with Gasteiger partial charge in [-0.05, 0) is 157 Å². The van der Waals surface area contributed by atoms with Gasteiger partial charge in [0, 0.05) is 57.3 Å². The molecule has 0 fully saturated rings. The van der Waals surface area contributed by atoms with Crippen molar-refractivity contribution in [1.82, 2.24) is 4.57 Å². The second-order valence-electron chi connectivity index (χ2n) is 17.0. The van der Waals surface area contributed by atoms with Crippen molar-refractivity contribution in [2.24, 2.45) is 5.92 Å². The van der Waals surface area contributed by atoms with E-state index in [0.717, 1.165) is 79.3 Å². The molecule has 2 aromatic heterocycles. The number of rotatable bonds is 8. The normalized spacial score (nSPS) is 20.6. The van der Waals surface area contributed by atoms with Crippen LogP contribution in [0.4, 0.5) is 11.4 Å². The van der Waals surface area contributed by atoms with E-state index in [0.29, 0.717) is 11.8 Å². The van der Waals surface area contributed by atoms with Crippen molar-refractivity contribution < 1.29 is 4.42 Å². The van der Waals surface area contributed by atoms with E-state index in [4.69, 9.17) is 4.42 Å². The summed E-state index contributed by atoms with van der Waals surface area (Å²) in [6, 6.07) is 32.9. The van der Waals surface area contributed by atoms with Gasteiger partial charge >= 0.3 is 0 Å². The highest BCUT2D eigenvalue weighted by Crippen LogP contribution is 2.42. The molecule has 0 amide bonds. The lowest BCUT2D eigenvalue weighted by Gasteiger charge is -2.24. The molecular weight excluding hydrogens is 741 g/mol. The Morgan fingerprint density at radius 2 is 1.44 bits per heavy atom. The van der Waals surface area contributed by atoms with E-state index in [-0.39, 0.29) is 0 Å². The second kappa shape index (κ2) is 16.0. The zero-order valence-electron chi connectivity index (χ0n) is 34.6. The van der Waals surface area contributed by atoms with Gasteiger partial charge in [0.2, 0.25) is 0 Å². The molecular formula is C58H50N2O. The molecule has 2 heterocycles. The first-order valence-electron chi connectivity index (χ1n) is 22.2. The minimum Gasteiger partial charge on any atom is -0.456 e. The fraction of sp³-hybridized carbons (Fsp3) is 0.172. The molecule has 0 N–H and O–H groups in total. The number of hydrogen-bond donors (Lipinski definition) is 0. The molecule has 5 aliphatic carbocycles. The van der Waals surface area contributed by atoms with Crippen LogP contribution in [0.2, 0.25) is 0 Å². The van der Waals surface area contributed by atoms with E-state index in [1.54, 1.807) is 0 Å². The Labute approximate surface area is 359 Å². The number of anilines is 2. The molecule has 0 spiro atoms. The third-order valence-electron chi connectivity index (χ3n) is 13.3. The van der Waals surface area contributed by atoms with Crippen LogP contribution in [0.15, 0.2) is 198 Å². The summed E-state index contributed by atoms with van der Waals surface area (Å²) in [6.45, 7) is 3.97. The summed E-state index contributed by atoms with van der Waals surface area (Å²) in [4.78, 5) is 2.29. The van der Waals surface area contributed by atoms with Crippen molar-refractivity contribution in [2.75, 3.05) is 4.90 Å². The molecule has 11 rings (SSSR count). The van der Waals surface area contributed by atoms with Crippen LogP contribution in [0, 0.1) is 5.92 Å². The molecule has 2 atom stereocenters. The number of fused-ring (bicyclic) bond motifs is 6. The summed E-state index contributed by atoms with van der Waals surface area (Å²) < 4.78 is 8.96. The largest absolute Gasteiger partial charge is 0.456 e. The van der Waals surface area contributed by atoms with Gasteiger partial charge < -0.3 is 13.9 Å². The zero-order chi connectivity index (χ0) is 40.7. The molecule has 3 nitrogen and oxygen atoms in total. The Morgan fingerprint density at radius 1 is 0.672 bits per heavy atom. The first kappa shape index (κ1) is 37.2. The van der Waals surface area contributed by atoms with Gasteiger partial charge in [0.15, 0.2) is 0 Å². The minimum absolute atomic E-state index is 0.328. The van der Waals surface area contributed by atoms with E-state index >= 15 is 0 Å². The summed E-state index contributed by atoms with van der Waals surface area (Å²) in [5.41, 5.74) is 18.9. The second-order valence-corrected chi connectivity index (χ2v) is 17.0. The van der Waals surface area contributed by atoms with Gasteiger partial charge in [-0.2, -0.15) is 0 Å². The summed E-state index contributed by atoms with van der Waals surface area (Å²) in [7, 11) is 0. The maximum atomic E-state index is 6.41. The Hall–Kier alpha value is -6.84. The average Bonchev–Trinajstić information content (AvgIpc) is 3.87. The first-order chi connectivity index (χ1) is 30.2. The summed E-state index contributed by atoms with van der Waals surface area (Å²) >= 11 is 0. The third kappa shape index (κ3) is 6.98. The van der Waals surface area contributed by atoms with Crippen molar-refractivity contribution in [2.45, 2.75) is 57.3 Å². The predicted molar refractivity (Wildman–Crippen MR) is 258 cm³/mol. The highest BCUT2D eigenvalue weighted by Gasteiger charge is 2.28.